The smallest absolute Gasteiger partial charge is 0.407 e. The lowest BCUT2D eigenvalue weighted by molar-refractivity contribution is 0.0525. The Kier molecular flexibility index (Phi) is 9.11. The lowest BCUT2D eigenvalue weighted by Gasteiger charge is -2.29. The first-order valence-corrected chi connectivity index (χ1v) is 16.6. The predicted molar refractivity (Wildman–Crippen MR) is 180 cm³/mol. The largest absolute Gasteiger partial charge is 0.444 e. The molecule has 4 aromatic rings. The molecule has 234 valence electrons. The highest BCUT2D eigenvalue weighted by Crippen LogP contribution is 2.52. The standard InChI is InChI=1S/C34H37N5O4S2/c1-21-10-11-35-26(16-21)27(20-36-33(41)43-34(2,3)4)37-22-8-9-28-30(17-22)44-29-7-5-6-24(32(29)45-28)25-18-23(19-31(40)38-25)39-12-14-42-15-13-39/h5-11,16-19,27,37H,12-15,20H2,1-4H3,(H,36,41)(H,38,40). The first kappa shape index (κ1) is 31.1. The molecule has 0 saturated carbocycles. The number of carbonyl (C=O) groups excluding carboxylic acids is 1. The van der Waals surface area contributed by atoms with Crippen LogP contribution in [0.4, 0.5) is 16.2 Å². The molecule has 4 heterocycles. The molecule has 2 aliphatic rings. The molecule has 1 saturated heterocycles. The number of anilines is 2. The van der Waals surface area contributed by atoms with Crippen molar-refractivity contribution in [1.29, 1.82) is 0 Å². The molecule has 0 bridgehead atoms. The first-order chi connectivity index (χ1) is 21.6. The average molecular weight is 644 g/mol. The van der Waals surface area contributed by atoms with E-state index in [1.54, 1.807) is 35.8 Å². The van der Waals surface area contributed by atoms with Gasteiger partial charge in [0.25, 0.3) is 0 Å². The minimum absolute atomic E-state index is 0.116. The van der Waals surface area contributed by atoms with Crippen molar-refractivity contribution < 1.29 is 14.3 Å². The summed E-state index contributed by atoms with van der Waals surface area (Å²) in [5.41, 5.74) is 4.86. The number of aromatic amines is 1. The number of nitrogens with zero attached hydrogens (tertiary/aromatic N) is 2. The van der Waals surface area contributed by atoms with Crippen molar-refractivity contribution in [3.05, 3.63) is 88.5 Å². The van der Waals surface area contributed by atoms with Gasteiger partial charge in [0.05, 0.1) is 30.6 Å². The van der Waals surface area contributed by atoms with Gasteiger partial charge in [-0.1, -0.05) is 35.7 Å². The Balaban J connectivity index is 1.24. The summed E-state index contributed by atoms with van der Waals surface area (Å²) in [6.45, 7) is 10.7. The van der Waals surface area contributed by atoms with Crippen LogP contribution in [0.1, 0.15) is 38.1 Å². The van der Waals surface area contributed by atoms with Gasteiger partial charge in [-0.3, -0.25) is 9.78 Å². The van der Waals surface area contributed by atoms with Crippen LogP contribution in [0.5, 0.6) is 0 Å². The number of rotatable bonds is 7. The summed E-state index contributed by atoms with van der Waals surface area (Å²) in [6, 6.07) is 20.0. The number of hydrogen-bond acceptors (Lipinski definition) is 9. The highest BCUT2D eigenvalue weighted by atomic mass is 32.2. The van der Waals surface area contributed by atoms with Crippen molar-refractivity contribution in [2.45, 2.75) is 58.9 Å². The maximum atomic E-state index is 12.7. The number of benzene rings is 2. The zero-order valence-corrected chi connectivity index (χ0v) is 27.4. The maximum Gasteiger partial charge on any atom is 0.407 e. The number of alkyl carbamates (subject to hydrolysis) is 1. The molecule has 1 atom stereocenters. The Hall–Kier alpha value is -3.93. The first-order valence-electron chi connectivity index (χ1n) is 15.0. The highest BCUT2D eigenvalue weighted by Gasteiger charge is 2.24. The number of ether oxygens (including phenoxy) is 2. The van der Waals surface area contributed by atoms with Crippen LogP contribution in [0.25, 0.3) is 11.3 Å². The van der Waals surface area contributed by atoms with Gasteiger partial charge in [-0.15, -0.1) is 0 Å². The SMILES string of the molecule is Cc1ccnc(C(CNC(=O)OC(C)(C)C)Nc2ccc3c(c2)Sc2cccc(-c4cc(N5CCOCC5)cc(=O)[nH]4)c2S3)c1. The topological polar surface area (TPSA) is 109 Å². The number of amides is 1. The van der Waals surface area contributed by atoms with E-state index in [0.29, 0.717) is 19.8 Å². The summed E-state index contributed by atoms with van der Waals surface area (Å²) in [6.07, 6.45) is 1.31. The number of H-pyrrole nitrogens is 1. The zero-order valence-electron chi connectivity index (χ0n) is 25.8. The zero-order chi connectivity index (χ0) is 31.6. The van der Waals surface area contributed by atoms with Crippen LogP contribution in [0.15, 0.2) is 91.2 Å². The summed E-state index contributed by atoms with van der Waals surface area (Å²) >= 11 is 3.41. The van der Waals surface area contributed by atoms with E-state index in [1.807, 2.05) is 45.9 Å². The molecule has 6 rings (SSSR count). The van der Waals surface area contributed by atoms with Crippen LogP contribution < -0.4 is 21.1 Å². The molecule has 0 aliphatic carbocycles. The van der Waals surface area contributed by atoms with E-state index in [2.05, 4.69) is 61.9 Å². The Bertz CT molecular complexity index is 1760. The molecule has 2 aliphatic heterocycles. The molecular weight excluding hydrogens is 607 g/mol. The third kappa shape index (κ3) is 7.66. The number of aromatic nitrogens is 2. The van der Waals surface area contributed by atoms with Gasteiger partial charge >= 0.3 is 6.09 Å². The van der Waals surface area contributed by atoms with E-state index in [4.69, 9.17) is 9.47 Å². The third-order valence-electron chi connectivity index (χ3n) is 7.33. The fourth-order valence-electron chi connectivity index (χ4n) is 5.26. The van der Waals surface area contributed by atoms with Crippen molar-refractivity contribution in [3.8, 4) is 11.3 Å². The van der Waals surface area contributed by atoms with E-state index in [-0.39, 0.29) is 11.6 Å². The van der Waals surface area contributed by atoms with Crippen molar-refractivity contribution >= 4 is 41.0 Å². The van der Waals surface area contributed by atoms with Crippen LogP contribution in [0.2, 0.25) is 0 Å². The molecule has 0 spiro atoms. The fourth-order valence-corrected chi connectivity index (χ4v) is 7.68. The van der Waals surface area contributed by atoms with E-state index in [0.717, 1.165) is 66.6 Å². The summed E-state index contributed by atoms with van der Waals surface area (Å²) in [5, 5.41) is 6.48. The third-order valence-corrected chi connectivity index (χ3v) is 9.93. The molecule has 3 N–H and O–H groups in total. The van der Waals surface area contributed by atoms with Crippen molar-refractivity contribution in [2.75, 3.05) is 43.1 Å². The predicted octanol–water partition coefficient (Wildman–Crippen LogP) is 6.88. The van der Waals surface area contributed by atoms with Crippen molar-refractivity contribution in [1.82, 2.24) is 15.3 Å². The summed E-state index contributed by atoms with van der Waals surface area (Å²) in [4.78, 5) is 39.5. The van der Waals surface area contributed by atoms with Crippen LogP contribution in [0.3, 0.4) is 0 Å². The normalized spacial score (nSPS) is 15.1. The van der Waals surface area contributed by atoms with Gasteiger partial charge < -0.3 is 30.0 Å². The number of aryl methyl sites for hydroxylation is 1. The van der Waals surface area contributed by atoms with Crippen molar-refractivity contribution in [3.63, 3.8) is 0 Å². The monoisotopic (exact) mass is 643 g/mol. The van der Waals surface area contributed by atoms with Crippen molar-refractivity contribution in [2.24, 2.45) is 0 Å². The second-order valence-corrected chi connectivity index (χ2v) is 14.2. The number of hydrogen-bond donors (Lipinski definition) is 3. The number of nitrogens with one attached hydrogen (secondary N) is 3. The van der Waals surface area contributed by atoms with E-state index in [9.17, 15) is 9.59 Å². The second-order valence-electron chi connectivity index (χ2n) is 12.1. The van der Waals surface area contributed by atoms with Crippen LogP contribution in [-0.4, -0.2) is 54.5 Å². The number of pyridine rings is 2. The van der Waals surface area contributed by atoms with Gasteiger partial charge in [0.1, 0.15) is 5.60 Å². The second kappa shape index (κ2) is 13.2. The molecule has 1 fully saturated rings. The molecule has 1 unspecified atom stereocenters. The van der Waals surface area contributed by atoms with Crippen LogP contribution >= 0.6 is 23.5 Å². The van der Waals surface area contributed by atoms with E-state index < -0.39 is 11.7 Å². The maximum absolute atomic E-state index is 12.7. The van der Waals surface area contributed by atoms with Gasteiger partial charge in [-0.25, -0.2) is 4.79 Å². The van der Waals surface area contributed by atoms with E-state index >= 15 is 0 Å². The highest BCUT2D eigenvalue weighted by molar-refractivity contribution is 8.05. The molecule has 1 amide bonds. The molecule has 0 radical (unpaired) electrons. The minimum Gasteiger partial charge on any atom is -0.444 e. The van der Waals surface area contributed by atoms with Gasteiger partial charge in [0, 0.05) is 68.4 Å². The Morgan fingerprint density at radius 3 is 2.64 bits per heavy atom. The summed E-state index contributed by atoms with van der Waals surface area (Å²) in [7, 11) is 0. The van der Waals surface area contributed by atoms with E-state index in [1.165, 1.54) is 0 Å². The van der Waals surface area contributed by atoms with Gasteiger partial charge in [0.15, 0.2) is 0 Å². The molecule has 2 aromatic carbocycles. The van der Waals surface area contributed by atoms with Gasteiger partial charge in [-0.2, -0.15) is 0 Å². The minimum atomic E-state index is -0.584. The molecule has 45 heavy (non-hydrogen) atoms. The molecular formula is C34H37N5O4S2. The number of carbonyl (C=O) groups is 1. The number of fused-ring (bicyclic) bond motifs is 2. The lowest BCUT2D eigenvalue weighted by Crippen LogP contribution is -2.36. The Morgan fingerprint density at radius 2 is 1.87 bits per heavy atom. The number of morpholine rings is 1. The van der Waals surface area contributed by atoms with Gasteiger partial charge in [-0.05, 0) is 75.7 Å². The van der Waals surface area contributed by atoms with Crippen LogP contribution in [-0.2, 0) is 9.47 Å². The fraction of sp³-hybridized carbons (Fsp3) is 0.324. The molecule has 9 nitrogen and oxygen atoms in total. The summed E-state index contributed by atoms with van der Waals surface area (Å²) in [5.74, 6) is 0. The van der Waals surface area contributed by atoms with Gasteiger partial charge in [0.2, 0.25) is 5.56 Å². The Morgan fingerprint density at radius 1 is 1.04 bits per heavy atom. The molecule has 2 aromatic heterocycles. The molecule has 11 heteroatoms. The quantitative estimate of drug-likeness (QED) is 0.175. The Labute approximate surface area is 271 Å². The average Bonchev–Trinajstić information content (AvgIpc) is 3.01. The summed E-state index contributed by atoms with van der Waals surface area (Å²) < 4.78 is 11.0. The lowest BCUT2D eigenvalue weighted by atomic mass is 10.1. The van der Waals surface area contributed by atoms with Crippen LogP contribution in [0, 0.1) is 6.92 Å².